The van der Waals surface area contributed by atoms with Gasteiger partial charge in [0.1, 0.15) is 16.9 Å². The lowest BCUT2D eigenvalue weighted by molar-refractivity contribution is -0.140. The molecule has 0 saturated heterocycles. The van der Waals surface area contributed by atoms with Gasteiger partial charge in [-0.15, -0.1) is 0 Å². The minimum absolute atomic E-state index is 0.0673. The number of anilines is 1. The van der Waals surface area contributed by atoms with Gasteiger partial charge in [0.2, 0.25) is 0 Å². The summed E-state index contributed by atoms with van der Waals surface area (Å²) < 4.78 is 24.7. The number of aliphatic hydroxyl groups is 1. The Morgan fingerprint density at radius 1 is 1.29 bits per heavy atom. The number of aromatic nitrogens is 1. The number of benzene rings is 1. The number of hydrogen-bond acceptors (Lipinski definition) is 6. The molecule has 8 nitrogen and oxygen atoms in total. The Bertz CT molecular complexity index is 991. The van der Waals surface area contributed by atoms with Crippen LogP contribution in [-0.2, 0) is 9.53 Å². The number of nitrogens with one attached hydrogen (secondary N) is 2. The number of hydrogen-bond donors (Lipinski definition) is 3. The molecule has 0 spiro atoms. The van der Waals surface area contributed by atoms with Crippen molar-refractivity contribution in [1.82, 2.24) is 10.3 Å². The van der Waals surface area contributed by atoms with E-state index in [1.165, 1.54) is 25.4 Å². The molecule has 1 aliphatic rings. The van der Waals surface area contributed by atoms with Gasteiger partial charge in [-0.25, -0.2) is 9.18 Å². The number of amides is 2. The summed E-state index contributed by atoms with van der Waals surface area (Å²) in [5.74, 6) is -1.01. The number of nitrogens with zero attached hydrogens (tertiary/aromatic N) is 1. The van der Waals surface area contributed by atoms with E-state index in [0.717, 1.165) is 6.42 Å². The summed E-state index contributed by atoms with van der Waals surface area (Å²) in [6.45, 7) is 5.19. The molecule has 0 bridgehead atoms. The van der Waals surface area contributed by atoms with Crippen LogP contribution in [0.4, 0.5) is 14.9 Å². The largest absolute Gasteiger partial charge is 0.497 e. The van der Waals surface area contributed by atoms with E-state index < -0.39 is 35.1 Å². The number of methoxy groups -OCH3 is 1. The van der Waals surface area contributed by atoms with Crippen molar-refractivity contribution < 1.29 is 28.6 Å². The highest BCUT2D eigenvalue weighted by molar-refractivity contribution is 6.05. The average molecular weight is 433 g/mol. The summed E-state index contributed by atoms with van der Waals surface area (Å²) >= 11 is 0. The van der Waals surface area contributed by atoms with E-state index in [2.05, 4.69) is 15.6 Å². The molecule has 168 valence electrons. The number of rotatable bonds is 4. The predicted octanol–water partition coefficient (Wildman–Crippen LogP) is 3.52. The van der Waals surface area contributed by atoms with Crippen molar-refractivity contribution >= 4 is 28.6 Å². The van der Waals surface area contributed by atoms with Crippen molar-refractivity contribution in [1.29, 1.82) is 0 Å². The molecule has 31 heavy (non-hydrogen) atoms. The van der Waals surface area contributed by atoms with Gasteiger partial charge in [-0.05, 0) is 52.2 Å². The Hall–Kier alpha value is -2.94. The van der Waals surface area contributed by atoms with Crippen LogP contribution in [0.3, 0.4) is 0 Å². The monoisotopic (exact) mass is 433 g/mol. The Morgan fingerprint density at radius 3 is 2.71 bits per heavy atom. The minimum atomic E-state index is -1.85. The molecular formula is C22H28FN3O5. The van der Waals surface area contributed by atoms with Crippen LogP contribution >= 0.6 is 0 Å². The maximum absolute atomic E-state index is 14.4. The average Bonchev–Trinajstić information content (AvgIpc) is 2.68. The molecule has 3 N–H and O–H groups in total. The first-order valence-corrected chi connectivity index (χ1v) is 10.2. The van der Waals surface area contributed by atoms with E-state index in [-0.39, 0.29) is 23.4 Å². The smallest absolute Gasteiger partial charge is 0.407 e. The predicted molar refractivity (Wildman–Crippen MR) is 113 cm³/mol. The molecule has 2 unspecified atom stereocenters. The minimum Gasteiger partial charge on any atom is -0.497 e. The zero-order chi connectivity index (χ0) is 22.8. The summed E-state index contributed by atoms with van der Waals surface area (Å²) in [6, 6.07) is 3.45. The standard InChI is InChI=1S/C22H28FN3O5/c1-21(2,3)31-20(28)26-17-7-5-6-9-22(17,29)19(27)25-16-8-10-24-18-14(16)11-13(30-4)12-15(18)23/h8,10-12,17,29H,5-7,9H2,1-4H3,(H,26,28)(H,24,25,27). The van der Waals surface area contributed by atoms with Gasteiger partial charge >= 0.3 is 6.09 Å². The summed E-state index contributed by atoms with van der Waals surface area (Å²) in [7, 11) is 1.41. The number of pyridine rings is 1. The van der Waals surface area contributed by atoms with E-state index in [1.54, 1.807) is 26.8 Å². The molecule has 0 radical (unpaired) electrons. The van der Waals surface area contributed by atoms with Crippen LogP contribution in [-0.4, -0.2) is 46.4 Å². The second-order valence-electron chi connectivity index (χ2n) is 8.69. The van der Waals surface area contributed by atoms with Crippen LogP contribution in [0.5, 0.6) is 5.75 Å². The van der Waals surface area contributed by atoms with Gasteiger partial charge in [-0.2, -0.15) is 0 Å². The normalized spacial score (nSPS) is 21.4. The number of carbonyl (C=O) groups excluding carboxylic acids is 2. The van der Waals surface area contributed by atoms with E-state index in [1.807, 2.05) is 0 Å². The second kappa shape index (κ2) is 8.66. The maximum Gasteiger partial charge on any atom is 0.407 e. The van der Waals surface area contributed by atoms with Crippen molar-refractivity contribution in [3.63, 3.8) is 0 Å². The number of fused-ring (bicyclic) bond motifs is 1. The molecule has 2 amide bonds. The van der Waals surface area contributed by atoms with Crippen molar-refractivity contribution in [2.24, 2.45) is 0 Å². The van der Waals surface area contributed by atoms with Crippen LogP contribution in [0.1, 0.15) is 46.5 Å². The molecule has 9 heteroatoms. The summed E-state index contributed by atoms with van der Waals surface area (Å²) in [5.41, 5.74) is -2.21. The third-order valence-corrected chi connectivity index (χ3v) is 5.22. The summed E-state index contributed by atoms with van der Waals surface area (Å²) in [5, 5.41) is 16.9. The number of alkyl carbamates (subject to hydrolysis) is 1. The molecule has 1 fully saturated rings. The Kier molecular flexibility index (Phi) is 6.35. The van der Waals surface area contributed by atoms with Gasteiger partial charge in [0, 0.05) is 17.6 Å². The number of halogens is 1. The molecule has 1 aromatic heterocycles. The molecule has 1 aliphatic carbocycles. The third kappa shape index (κ3) is 5.04. The first-order chi connectivity index (χ1) is 14.5. The summed E-state index contributed by atoms with van der Waals surface area (Å²) in [4.78, 5) is 29.4. The van der Waals surface area contributed by atoms with Crippen molar-refractivity contribution in [2.75, 3.05) is 12.4 Å². The molecular weight excluding hydrogens is 405 g/mol. The fourth-order valence-electron chi connectivity index (χ4n) is 3.71. The Labute approximate surface area is 180 Å². The van der Waals surface area contributed by atoms with Crippen LogP contribution in [0.15, 0.2) is 24.4 Å². The van der Waals surface area contributed by atoms with Crippen LogP contribution in [0, 0.1) is 5.82 Å². The fourth-order valence-corrected chi connectivity index (χ4v) is 3.71. The first-order valence-electron chi connectivity index (χ1n) is 10.2. The molecule has 1 heterocycles. The number of ether oxygens (including phenoxy) is 2. The molecule has 0 aliphatic heterocycles. The maximum atomic E-state index is 14.4. The Balaban J connectivity index is 1.87. The van der Waals surface area contributed by atoms with Gasteiger partial charge in [0.25, 0.3) is 5.91 Å². The summed E-state index contributed by atoms with van der Waals surface area (Å²) in [6.07, 6.45) is 2.62. The quantitative estimate of drug-likeness (QED) is 0.681. The third-order valence-electron chi connectivity index (χ3n) is 5.22. The second-order valence-corrected chi connectivity index (χ2v) is 8.69. The first kappa shape index (κ1) is 22.7. The van der Waals surface area contributed by atoms with E-state index in [9.17, 15) is 19.1 Å². The lowest BCUT2D eigenvalue weighted by Gasteiger charge is -2.39. The Morgan fingerprint density at radius 2 is 2.03 bits per heavy atom. The van der Waals surface area contributed by atoms with Gasteiger partial charge in [0.15, 0.2) is 11.4 Å². The topological polar surface area (TPSA) is 110 Å². The lowest BCUT2D eigenvalue weighted by atomic mass is 9.79. The molecule has 1 aromatic carbocycles. The van der Waals surface area contributed by atoms with Crippen LogP contribution < -0.4 is 15.4 Å². The van der Waals surface area contributed by atoms with E-state index in [4.69, 9.17) is 9.47 Å². The zero-order valence-electron chi connectivity index (χ0n) is 18.1. The van der Waals surface area contributed by atoms with Crippen LogP contribution in [0.2, 0.25) is 0 Å². The van der Waals surface area contributed by atoms with Gasteiger partial charge < -0.3 is 25.2 Å². The van der Waals surface area contributed by atoms with Crippen molar-refractivity contribution in [2.45, 2.75) is 63.7 Å². The number of carbonyl (C=O) groups is 2. The zero-order valence-corrected chi connectivity index (χ0v) is 18.1. The van der Waals surface area contributed by atoms with Crippen LogP contribution in [0.25, 0.3) is 10.9 Å². The molecule has 3 rings (SSSR count). The van der Waals surface area contributed by atoms with Gasteiger partial charge in [0.05, 0.1) is 18.8 Å². The molecule has 2 atom stereocenters. The molecule has 2 aromatic rings. The van der Waals surface area contributed by atoms with E-state index in [0.29, 0.717) is 18.2 Å². The molecule has 1 saturated carbocycles. The SMILES string of the molecule is COc1cc(F)c2nccc(NC(=O)C3(O)CCCCC3NC(=O)OC(C)(C)C)c2c1. The lowest BCUT2D eigenvalue weighted by Crippen LogP contribution is -2.61. The van der Waals surface area contributed by atoms with Gasteiger partial charge in [-0.3, -0.25) is 9.78 Å². The fraction of sp³-hybridized carbons (Fsp3) is 0.500. The van der Waals surface area contributed by atoms with Gasteiger partial charge in [-0.1, -0.05) is 6.42 Å². The highest BCUT2D eigenvalue weighted by Gasteiger charge is 2.46. The van der Waals surface area contributed by atoms with E-state index >= 15 is 0 Å². The highest BCUT2D eigenvalue weighted by atomic mass is 19.1. The van der Waals surface area contributed by atoms with Crippen molar-refractivity contribution in [3.8, 4) is 5.75 Å². The highest BCUT2D eigenvalue weighted by Crippen LogP contribution is 2.33. The van der Waals surface area contributed by atoms with Crippen molar-refractivity contribution in [3.05, 3.63) is 30.2 Å².